The van der Waals surface area contributed by atoms with Crippen LogP contribution in [0, 0.1) is 26.7 Å². The van der Waals surface area contributed by atoms with Gasteiger partial charge in [-0.3, -0.25) is 42.6 Å². The fraction of sp³-hybridized carbons (Fsp3) is 0.395. The number of nitrogens with one attached hydrogen (secondary N) is 7. The quantitative estimate of drug-likeness (QED) is 0.0172. The van der Waals surface area contributed by atoms with Crippen LogP contribution in [-0.2, 0) is 81.1 Å². The number of benzene rings is 6. The molecule has 7 aliphatic heterocycles. The number of hydrogen-bond acceptors (Lipinski definition) is 30. The Balaban J connectivity index is 1.17. The standard InChI is InChI=1S/C86H97Cl2N9O30S/c1-12-21-118-82(113)65-48-32-46(98)33-54(100)62(48)47-27-42(15-18-53(47)99)63-78(109)95-67(81(112)93-65)69(103)44-17-20-56(50(88)29-44)124-58-31-45-30-57(72(58)127-83-73(126-61-35-86(10,75(106)41(9)122-61)96-84(114)119-22-13-2)71(105)70(104)59(125-83)36-121-128(116,117)74-39(7)25-38(6)26-40(74)8)123-55-19-16-43(28-49(55)87)68(102)66(94-77(108)52(24-37(4)5)97(11)85(115)120-23-14-3)80(111)90-51(34-60(89)101)76(107)91-64(45)79(110)92-63/h12-20,25-33,37,41,51-52,59,61,63-71,73,75,83,98-100,102-106H,1-3,21-24,34-36H2,4-11H3,(H2,89,101)(H,90,111)(H,91,107)(H,92,110)(H,93,112)(H,94,108)(H,95,109)(H,96,114)/t41?,51-,52+,59?,61?,63?,64+,65-,66+,67-,68+,69+,70?,71?,73?,75?,83?,86?/m0/s1. The Kier molecular flexibility index (Phi) is 30.5. The second-order valence-corrected chi connectivity index (χ2v) is 34.0. The molecule has 7 aliphatic rings. The fourth-order valence-corrected chi connectivity index (χ4v) is 17.2. The van der Waals surface area contributed by atoms with Gasteiger partial charge < -0.3 is 126 Å². The number of aliphatic hydroxyl groups excluding tert-OH is 5. The first-order valence-electron chi connectivity index (χ1n) is 39.9. The van der Waals surface area contributed by atoms with Crippen molar-refractivity contribution in [1.29, 1.82) is 0 Å². The van der Waals surface area contributed by atoms with Crippen molar-refractivity contribution in [3.63, 3.8) is 0 Å². The average molecular weight is 1840 g/mol. The van der Waals surface area contributed by atoms with Crippen molar-refractivity contribution < 1.29 is 144 Å². The first-order valence-corrected chi connectivity index (χ1v) is 42.1. The van der Waals surface area contributed by atoms with Gasteiger partial charge in [0.2, 0.25) is 53.4 Å². The first kappa shape index (κ1) is 96.4. The van der Waals surface area contributed by atoms with Crippen LogP contribution in [0.3, 0.4) is 0 Å². The number of aromatic hydroxyl groups is 3. The Bertz CT molecular complexity index is 5450. The number of alkyl carbamates (subject to hydrolysis) is 1. The molecule has 10 unspecified atom stereocenters. The molecular weight excluding hydrogens is 1740 g/mol. The van der Waals surface area contributed by atoms with Gasteiger partial charge in [0.1, 0.15) is 121 Å². The molecule has 0 aliphatic carbocycles. The molecule has 11 bridgehead atoms. The lowest BCUT2D eigenvalue weighted by Gasteiger charge is -2.48. The number of aliphatic hydroxyl groups is 5. The molecule has 128 heavy (non-hydrogen) atoms. The number of phenols is 3. The highest BCUT2D eigenvalue weighted by atomic mass is 35.5. The zero-order valence-corrected chi connectivity index (χ0v) is 72.4. The number of rotatable bonds is 23. The van der Waals surface area contributed by atoms with Gasteiger partial charge in [0, 0.05) is 36.2 Å². The molecule has 2 saturated heterocycles. The molecule has 39 nitrogen and oxygen atoms in total. The van der Waals surface area contributed by atoms with Gasteiger partial charge in [0.15, 0.2) is 29.9 Å². The highest BCUT2D eigenvalue weighted by molar-refractivity contribution is 7.86. The minimum atomic E-state index is -4.83. The largest absolute Gasteiger partial charge is 0.508 e. The van der Waals surface area contributed by atoms with Crippen LogP contribution in [0.4, 0.5) is 9.59 Å². The maximum absolute atomic E-state index is 16.5. The topological polar surface area (TPSA) is 572 Å². The van der Waals surface area contributed by atoms with Crippen LogP contribution < -0.4 is 57.2 Å². The van der Waals surface area contributed by atoms with Crippen molar-refractivity contribution in [1.82, 2.24) is 42.1 Å². The van der Waals surface area contributed by atoms with Crippen LogP contribution in [0.25, 0.3) is 11.1 Å². The molecule has 9 amide bonds. The third-order valence-electron chi connectivity index (χ3n) is 21.6. The van der Waals surface area contributed by atoms with Crippen LogP contribution in [-0.4, -0.2) is 226 Å². The Morgan fingerprint density at radius 1 is 0.680 bits per heavy atom. The van der Waals surface area contributed by atoms with Crippen molar-refractivity contribution in [2.75, 3.05) is 33.5 Å². The molecule has 0 spiro atoms. The molecule has 7 heterocycles. The summed E-state index contributed by atoms with van der Waals surface area (Å²) in [7, 11) is -3.62. The van der Waals surface area contributed by atoms with E-state index in [4.69, 9.17) is 75.8 Å². The van der Waals surface area contributed by atoms with Crippen molar-refractivity contribution >= 4 is 92.8 Å². The molecule has 6 aromatic rings. The molecule has 686 valence electrons. The van der Waals surface area contributed by atoms with Crippen LogP contribution in [0.2, 0.25) is 10.0 Å². The summed E-state index contributed by atoms with van der Waals surface area (Å²) in [5, 5.41) is 113. The molecule has 0 saturated carbocycles. The zero-order valence-electron chi connectivity index (χ0n) is 70.1. The third-order valence-corrected chi connectivity index (χ3v) is 23.7. The van der Waals surface area contributed by atoms with Crippen LogP contribution in [0.1, 0.15) is 122 Å². The molecule has 6 aromatic carbocycles. The number of primary amides is 1. The van der Waals surface area contributed by atoms with Crippen LogP contribution >= 0.6 is 23.2 Å². The molecule has 18 atom stereocenters. The van der Waals surface area contributed by atoms with Crippen molar-refractivity contribution in [2.45, 2.75) is 182 Å². The number of ether oxygens (including phenoxy) is 9. The first-order chi connectivity index (χ1) is 60.4. The summed E-state index contributed by atoms with van der Waals surface area (Å²) in [5.41, 5.74) is 2.22. The number of phenolic OH excluding ortho intramolecular Hbond substituents is 3. The van der Waals surface area contributed by atoms with Gasteiger partial charge in [0.05, 0.1) is 39.6 Å². The highest BCUT2D eigenvalue weighted by Crippen LogP contribution is 2.50. The number of amides is 9. The highest BCUT2D eigenvalue weighted by Gasteiger charge is 2.54. The smallest absolute Gasteiger partial charge is 0.410 e. The number of aryl methyl sites for hydroxylation is 3. The lowest BCUT2D eigenvalue weighted by molar-refractivity contribution is -0.333. The van der Waals surface area contributed by atoms with E-state index < -0.39 is 289 Å². The lowest BCUT2D eigenvalue weighted by atomic mass is 9.85. The second kappa shape index (κ2) is 40.4. The van der Waals surface area contributed by atoms with Gasteiger partial charge in [-0.25, -0.2) is 14.4 Å². The molecule has 13 rings (SSSR count). The normalized spacial score (nSPS) is 25.5. The van der Waals surface area contributed by atoms with Gasteiger partial charge in [-0.1, -0.05) is 111 Å². The van der Waals surface area contributed by atoms with Crippen LogP contribution in [0.15, 0.2) is 134 Å². The Hall–Kier alpha value is -12.2. The summed E-state index contributed by atoms with van der Waals surface area (Å²) >= 11 is 14.5. The SMILES string of the molecule is C=CCOC(=O)NC1(C)CC(OC2C(Oc3c4cc5cc3Oc3ccc(cc3Cl)[C@@H](O)[C@@H](NC(=O)[C@@H](CC(C)C)N(C)C(=O)OCC=C)C(=O)N[C@@H](CC(N)=O)C(=O)N[C@H]5C(=O)NC3C(=O)N[C@H](C(=O)N[C@H](C(=O)OCC=C)c5cc(O)cc(O)c5-c5cc3ccc5O)[C@H](O)c3ccc(c(Cl)c3)O4)OC(COS(=O)(=O)c3c(C)cc(C)cc3C)C(O)C2O)OC(C)C1O. The number of likely N-dealkylation sites (N-methyl/N-ethyl adjacent to an activating group) is 1. The average Bonchev–Trinajstić information content (AvgIpc) is 0.764. The molecule has 17 N–H and O–H groups in total. The minimum Gasteiger partial charge on any atom is -0.508 e. The predicted molar refractivity (Wildman–Crippen MR) is 450 cm³/mol. The predicted octanol–water partition coefficient (Wildman–Crippen LogP) is 5.08. The number of carbonyl (C=O) groups excluding carboxylic acids is 10. The fourth-order valence-electron chi connectivity index (χ4n) is 15.4. The summed E-state index contributed by atoms with van der Waals surface area (Å²) in [6.45, 7) is 19.4. The van der Waals surface area contributed by atoms with Gasteiger partial charge in [0.25, 0.3) is 10.1 Å². The maximum atomic E-state index is 16.5. The summed E-state index contributed by atoms with van der Waals surface area (Å²) in [5.74, 6) is -17.1. The second-order valence-electron chi connectivity index (χ2n) is 31.7. The van der Waals surface area contributed by atoms with Gasteiger partial charge in [-0.05, 0) is 135 Å². The number of carbonyl (C=O) groups is 10. The summed E-state index contributed by atoms with van der Waals surface area (Å²) in [6, 6.07) is 0.987. The molecular formula is C86H97Cl2N9O30S. The molecule has 42 heteroatoms. The van der Waals surface area contributed by atoms with E-state index in [0.717, 1.165) is 89.8 Å². The number of halogens is 2. The lowest BCUT2D eigenvalue weighted by Crippen LogP contribution is -2.66. The van der Waals surface area contributed by atoms with Crippen molar-refractivity contribution in [2.24, 2.45) is 11.7 Å². The Labute approximate surface area is 742 Å². The van der Waals surface area contributed by atoms with Crippen molar-refractivity contribution in [3.8, 4) is 57.1 Å². The number of nitrogens with two attached hydrogens (primary N) is 1. The van der Waals surface area contributed by atoms with Crippen molar-refractivity contribution in [3.05, 3.63) is 184 Å². The number of hydrogen-bond donors (Lipinski definition) is 16. The van der Waals surface area contributed by atoms with E-state index in [0.29, 0.717) is 5.56 Å². The van der Waals surface area contributed by atoms with E-state index in [2.05, 4.69) is 57.0 Å². The molecule has 0 aromatic heterocycles. The van der Waals surface area contributed by atoms with E-state index >= 15 is 24.0 Å². The van der Waals surface area contributed by atoms with Gasteiger partial charge in [-0.2, -0.15) is 8.42 Å². The van der Waals surface area contributed by atoms with Crippen LogP contribution in [0.5, 0.6) is 46.0 Å². The Morgan fingerprint density at radius 3 is 1.88 bits per heavy atom. The summed E-state index contributed by atoms with van der Waals surface area (Å²) in [6.07, 6.45) is -20.3. The summed E-state index contributed by atoms with van der Waals surface area (Å²) < 4.78 is 90.1. The van der Waals surface area contributed by atoms with E-state index in [9.17, 15) is 73.2 Å². The van der Waals surface area contributed by atoms with E-state index in [1.165, 1.54) is 46.9 Å². The van der Waals surface area contributed by atoms with Gasteiger partial charge >= 0.3 is 18.2 Å². The number of nitrogens with zero attached hydrogens (tertiary/aromatic N) is 1. The maximum Gasteiger partial charge on any atom is 0.410 e. The summed E-state index contributed by atoms with van der Waals surface area (Å²) in [4.78, 5) is 149. The zero-order chi connectivity index (χ0) is 93.6. The Morgan fingerprint density at radius 2 is 1.27 bits per heavy atom. The third kappa shape index (κ3) is 21.6. The minimum absolute atomic E-state index is 0.114. The molecule has 0 radical (unpaired) electrons. The number of esters is 1. The van der Waals surface area contributed by atoms with E-state index in [1.807, 2.05) is 0 Å². The number of fused-ring (bicyclic) bond motifs is 15. The monoisotopic (exact) mass is 1840 g/mol. The van der Waals surface area contributed by atoms with E-state index in [-0.39, 0.29) is 52.7 Å². The molecule has 2 fully saturated rings. The van der Waals surface area contributed by atoms with Gasteiger partial charge in [-0.15, -0.1) is 0 Å². The van der Waals surface area contributed by atoms with E-state index in [1.54, 1.807) is 32.9 Å².